The number of nitriles is 1. The minimum absolute atomic E-state index is 0.0681. The predicted molar refractivity (Wildman–Crippen MR) is 72.9 cm³/mol. The Morgan fingerprint density at radius 2 is 2.32 bits per heavy atom. The van der Waals surface area contributed by atoms with Gasteiger partial charge in [-0.1, -0.05) is 13.8 Å². The van der Waals surface area contributed by atoms with Crippen molar-refractivity contribution in [2.24, 2.45) is 5.92 Å². The van der Waals surface area contributed by atoms with Crippen molar-refractivity contribution in [3.05, 3.63) is 17.8 Å². The number of rotatable bonds is 6. The second kappa shape index (κ2) is 6.59. The van der Waals surface area contributed by atoms with Crippen molar-refractivity contribution in [3.63, 3.8) is 0 Å². The Labute approximate surface area is 112 Å². The molecule has 102 valence electrons. The van der Waals surface area contributed by atoms with E-state index in [0.29, 0.717) is 36.9 Å². The van der Waals surface area contributed by atoms with E-state index < -0.39 is 5.97 Å². The highest BCUT2D eigenvalue weighted by Crippen LogP contribution is 2.21. The number of pyridine rings is 1. The van der Waals surface area contributed by atoms with Crippen molar-refractivity contribution >= 4 is 17.5 Å². The van der Waals surface area contributed by atoms with Gasteiger partial charge in [-0.2, -0.15) is 5.26 Å². The van der Waals surface area contributed by atoms with Gasteiger partial charge in [0.25, 0.3) is 0 Å². The number of aromatic nitrogens is 1. The number of carboxylic acid groups (broad SMARTS) is 1. The molecule has 6 heteroatoms. The maximum absolute atomic E-state index is 11.3. The molecule has 0 atom stereocenters. The minimum atomic E-state index is -1.07. The van der Waals surface area contributed by atoms with Crippen LogP contribution in [0.2, 0.25) is 0 Å². The fourth-order valence-electron chi connectivity index (χ4n) is 1.79. The van der Waals surface area contributed by atoms with E-state index in [1.54, 1.807) is 0 Å². The van der Waals surface area contributed by atoms with Gasteiger partial charge in [-0.15, -0.1) is 0 Å². The molecule has 0 unspecified atom stereocenters. The number of hydrogen-bond donors (Lipinski definition) is 2. The first-order valence-electron chi connectivity index (χ1n) is 6.06. The third-order valence-corrected chi connectivity index (χ3v) is 2.50. The van der Waals surface area contributed by atoms with E-state index in [-0.39, 0.29) is 5.56 Å². The van der Waals surface area contributed by atoms with Gasteiger partial charge in [-0.25, -0.2) is 9.78 Å². The Kier molecular flexibility index (Phi) is 5.12. The van der Waals surface area contributed by atoms with Crippen LogP contribution in [0, 0.1) is 17.2 Å². The molecule has 0 spiro atoms. The number of anilines is 2. The Hall–Kier alpha value is -2.29. The first kappa shape index (κ1) is 14.8. The van der Waals surface area contributed by atoms with Gasteiger partial charge in [0.05, 0.1) is 24.4 Å². The first-order valence-corrected chi connectivity index (χ1v) is 6.06. The lowest BCUT2D eigenvalue weighted by Gasteiger charge is -2.26. The molecule has 0 radical (unpaired) electrons. The highest BCUT2D eigenvalue weighted by molar-refractivity contribution is 5.94. The molecule has 1 aromatic heterocycles. The Morgan fingerprint density at radius 3 is 2.84 bits per heavy atom. The summed E-state index contributed by atoms with van der Waals surface area (Å²) in [4.78, 5) is 17.2. The van der Waals surface area contributed by atoms with Gasteiger partial charge in [0, 0.05) is 13.1 Å². The number of hydrogen-bond acceptors (Lipinski definition) is 5. The van der Waals surface area contributed by atoms with E-state index in [4.69, 9.17) is 11.0 Å². The van der Waals surface area contributed by atoms with Crippen LogP contribution in [0.5, 0.6) is 0 Å². The number of carbonyl (C=O) groups is 1. The van der Waals surface area contributed by atoms with Crippen LogP contribution in [-0.2, 0) is 0 Å². The molecule has 0 saturated carbocycles. The van der Waals surface area contributed by atoms with Crippen LogP contribution >= 0.6 is 0 Å². The standard InChI is InChI=1S/C13H18N4O2/c1-9(2)8-17(5-3-4-14)12-11(13(18)19)6-10(15)7-16-12/h6-7,9H,3,5,8,15H2,1-2H3,(H,18,19). The molecule has 3 N–H and O–H groups in total. The maximum atomic E-state index is 11.3. The number of nitrogens with zero attached hydrogens (tertiary/aromatic N) is 3. The zero-order chi connectivity index (χ0) is 14.4. The van der Waals surface area contributed by atoms with Gasteiger partial charge in [0.1, 0.15) is 11.4 Å². The molecule has 19 heavy (non-hydrogen) atoms. The molecule has 0 fully saturated rings. The number of aromatic carboxylic acids is 1. The fraction of sp³-hybridized carbons (Fsp3) is 0.462. The smallest absolute Gasteiger partial charge is 0.339 e. The average molecular weight is 262 g/mol. The van der Waals surface area contributed by atoms with E-state index in [1.165, 1.54) is 12.3 Å². The maximum Gasteiger partial charge on any atom is 0.339 e. The monoisotopic (exact) mass is 262 g/mol. The fourth-order valence-corrected chi connectivity index (χ4v) is 1.79. The summed E-state index contributed by atoms with van der Waals surface area (Å²) in [6.07, 6.45) is 1.75. The lowest BCUT2D eigenvalue weighted by atomic mass is 10.1. The number of nitrogen functional groups attached to an aromatic ring is 1. The summed E-state index contributed by atoms with van der Waals surface area (Å²) in [5.41, 5.74) is 5.95. The zero-order valence-corrected chi connectivity index (χ0v) is 11.1. The van der Waals surface area contributed by atoms with Crippen molar-refractivity contribution in [1.82, 2.24) is 4.98 Å². The lowest BCUT2D eigenvalue weighted by Crippen LogP contribution is -2.31. The average Bonchev–Trinajstić information content (AvgIpc) is 2.34. The van der Waals surface area contributed by atoms with E-state index in [9.17, 15) is 9.90 Å². The van der Waals surface area contributed by atoms with Crippen molar-refractivity contribution in [1.29, 1.82) is 5.26 Å². The normalized spacial score (nSPS) is 10.2. The summed E-state index contributed by atoms with van der Waals surface area (Å²) in [5.74, 6) is -0.370. The van der Waals surface area contributed by atoms with Crippen LogP contribution in [0.25, 0.3) is 0 Å². The van der Waals surface area contributed by atoms with Gasteiger partial charge < -0.3 is 15.7 Å². The summed E-state index contributed by atoms with van der Waals surface area (Å²) in [6, 6.07) is 3.45. The summed E-state index contributed by atoms with van der Waals surface area (Å²) < 4.78 is 0. The van der Waals surface area contributed by atoms with Crippen molar-refractivity contribution < 1.29 is 9.90 Å². The quantitative estimate of drug-likeness (QED) is 0.809. The molecule has 0 aliphatic rings. The lowest BCUT2D eigenvalue weighted by molar-refractivity contribution is 0.0697. The van der Waals surface area contributed by atoms with Gasteiger partial charge in [0.2, 0.25) is 0 Å². The first-order chi connectivity index (χ1) is 8.95. The highest BCUT2D eigenvalue weighted by Gasteiger charge is 2.18. The molecule has 1 heterocycles. The van der Waals surface area contributed by atoms with Crippen LogP contribution in [0.3, 0.4) is 0 Å². The Balaban J connectivity index is 3.13. The number of nitrogens with two attached hydrogens (primary N) is 1. The molecule has 6 nitrogen and oxygen atoms in total. The second-order valence-electron chi connectivity index (χ2n) is 4.69. The number of carboxylic acids is 1. The van der Waals surface area contributed by atoms with Crippen LogP contribution in [0.15, 0.2) is 12.3 Å². The predicted octanol–water partition coefficient (Wildman–Crippen LogP) is 1.74. The van der Waals surface area contributed by atoms with Gasteiger partial charge >= 0.3 is 5.97 Å². The molecule has 0 amide bonds. The van der Waals surface area contributed by atoms with Crippen molar-refractivity contribution in [2.45, 2.75) is 20.3 Å². The molecule has 0 aliphatic heterocycles. The van der Waals surface area contributed by atoms with Crippen LogP contribution in [-0.4, -0.2) is 29.1 Å². The van der Waals surface area contributed by atoms with Crippen LogP contribution < -0.4 is 10.6 Å². The summed E-state index contributed by atoms with van der Waals surface area (Å²) in [6.45, 7) is 5.14. The molecular weight excluding hydrogens is 244 g/mol. The Morgan fingerprint density at radius 1 is 1.63 bits per heavy atom. The molecule has 0 aromatic carbocycles. The molecule has 0 aliphatic carbocycles. The minimum Gasteiger partial charge on any atom is -0.478 e. The van der Waals surface area contributed by atoms with Crippen molar-refractivity contribution in [3.8, 4) is 6.07 Å². The summed E-state index contributed by atoms with van der Waals surface area (Å²) >= 11 is 0. The third kappa shape index (κ3) is 4.14. The molecule has 1 aromatic rings. The molecule has 0 saturated heterocycles. The summed E-state index contributed by atoms with van der Waals surface area (Å²) in [5, 5.41) is 17.9. The van der Waals surface area contributed by atoms with Gasteiger partial charge in [-0.05, 0) is 12.0 Å². The van der Waals surface area contributed by atoms with Gasteiger partial charge in [0.15, 0.2) is 0 Å². The largest absolute Gasteiger partial charge is 0.478 e. The molecule has 1 rings (SSSR count). The summed E-state index contributed by atoms with van der Waals surface area (Å²) in [7, 11) is 0. The van der Waals surface area contributed by atoms with Gasteiger partial charge in [-0.3, -0.25) is 0 Å². The topological polar surface area (TPSA) is 103 Å². The van der Waals surface area contributed by atoms with E-state index >= 15 is 0 Å². The Bertz CT molecular complexity index is 494. The molecule has 0 bridgehead atoms. The van der Waals surface area contributed by atoms with E-state index in [2.05, 4.69) is 11.1 Å². The van der Waals surface area contributed by atoms with E-state index in [0.717, 1.165) is 0 Å². The van der Waals surface area contributed by atoms with Crippen LogP contribution in [0.4, 0.5) is 11.5 Å². The van der Waals surface area contributed by atoms with Crippen LogP contribution in [0.1, 0.15) is 30.6 Å². The molecular formula is C13H18N4O2. The van der Waals surface area contributed by atoms with Crippen molar-refractivity contribution in [2.75, 3.05) is 23.7 Å². The highest BCUT2D eigenvalue weighted by atomic mass is 16.4. The van der Waals surface area contributed by atoms with E-state index in [1.807, 2.05) is 18.7 Å². The zero-order valence-electron chi connectivity index (χ0n) is 11.1. The third-order valence-electron chi connectivity index (χ3n) is 2.50. The second-order valence-corrected chi connectivity index (χ2v) is 4.69. The SMILES string of the molecule is CC(C)CN(CCC#N)c1ncc(N)cc1C(=O)O.